The van der Waals surface area contributed by atoms with Crippen molar-refractivity contribution in [3.05, 3.63) is 29.8 Å². The van der Waals surface area contributed by atoms with Crippen molar-refractivity contribution in [2.45, 2.75) is 57.2 Å². The van der Waals surface area contributed by atoms with Gasteiger partial charge in [0.15, 0.2) is 0 Å². The number of carbonyl (C=O) groups excluding carboxylic acids is 1. The van der Waals surface area contributed by atoms with E-state index in [1.165, 1.54) is 0 Å². The standard InChI is InChI=1S/C17H24N2O2/c18-16-6-2-1-4-13(16)12-19(14-7-8-14)17(20)10-9-15-5-3-11-21-15/h1-2,4,6,14-15H,3,5,7-12,18H2. The molecular formula is C17H24N2O2. The first-order chi connectivity index (χ1) is 10.2. The molecule has 1 unspecified atom stereocenters. The average Bonchev–Trinajstić information content (AvgIpc) is 3.19. The Hall–Kier alpha value is -1.55. The van der Waals surface area contributed by atoms with Crippen LogP contribution in [0.15, 0.2) is 24.3 Å². The number of nitrogen functional groups attached to an aromatic ring is 1. The molecule has 2 aliphatic rings. The Morgan fingerprint density at radius 2 is 2.10 bits per heavy atom. The number of rotatable bonds is 6. The molecule has 2 fully saturated rings. The number of hydrogen-bond acceptors (Lipinski definition) is 3. The first-order valence-electron chi connectivity index (χ1n) is 7.98. The lowest BCUT2D eigenvalue weighted by atomic mass is 10.1. The fraction of sp³-hybridized carbons (Fsp3) is 0.588. The van der Waals surface area contributed by atoms with Crippen molar-refractivity contribution in [2.24, 2.45) is 0 Å². The van der Waals surface area contributed by atoms with E-state index in [1.807, 2.05) is 29.2 Å². The van der Waals surface area contributed by atoms with Crippen LogP contribution in [0.5, 0.6) is 0 Å². The van der Waals surface area contributed by atoms with Crippen LogP contribution >= 0.6 is 0 Å². The summed E-state index contributed by atoms with van der Waals surface area (Å²) in [6.07, 6.45) is 6.21. The van der Waals surface area contributed by atoms with E-state index in [9.17, 15) is 4.79 Å². The van der Waals surface area contributed by atoms with E-state index in [0.717, 1.165) is 50.0 Å². The van der Waals surface area contributed by atoms with Gasteiger partial charge in [-0.05, 0) is 43.7 Å². The number of nitrogens with two attached hydrogens (primary N) is 1. The molecule has 1 atom stereocenters. The number of benzene rings is 1. The second-order valence-corrected chi connectivity index (χ2v) is 6.13. The molecule has 0 spiro atoms. The molecule has 4 heteroatoms. The lowest BCUT2D eigenvalue weighted by Gasteiger charge is -2.24. The van der Waals surface area contributed by atoms with Gasteiger partial charge in [0, 0.05) is 31.3 Å². The Kier molecular flexibility index (Phi) is 4.44. The second kappa shape index (κ2) is 6.48. The maximum atomic E-state index is 12.5. The summed E-state index contributed by atoms with van der Waals surface area (Å²) in [4.78, 5) is 14.5. The maximum Gasteiger partial charge on any atom is 0.223 e. The molecule has 4 nitrogen and oxygen atoms in total. The van der Waals surface area contributed by atoms with Gasteiger partial charge in [0.2, 0.25) is 5.91 Å². The molecule has 0 bridgehead atoms. The third kappa shape index (κ3) is 3.76. The zero-order valence-electron chi connectivity index (χ0n) is 12.5. The van der Waals surface area contributed by atoms with E-state index in [2.05, 4.69) is 0 Å². The van der Waals surface area contributed by atoms with E-state index in [0.29, 0.717) is 19.0 Å². The van der Waals surface area contributed by atoms with Crippen molar-refractivity contribution in [2.75, 3.05) is 12.3 Å². The van der Waals surface area contributed by atoms with Crippen LogP contribution in [0.3, 0.4) is 0 Å². The van der Waals surface area contributed by atoms with Gasteiger partial charge in [-0.2, -0.15) is 0 Å². The van der Waals surface area contributed by atoms with Gasteiger partial charge in [0.25, 0.3) is 0 Å². The second-order valence-electron chi connectivity index (χ2n) is 6.13. The number of para-hydroxylation sites is 1. The predicted molar refractivity (Wildman–Crippen MR) is 82.6 cm³/mol. The number of nitrogens with zero attached hydrogens (tertiary/aromatic N) is 1. The maximum absolute atomic E-state index is 12.5. The molecule has 1 aliphatic heterocycles. The third-order valence-corrected chi connectivity index (χ3v) is 4.41. The van der Waals surface area contributed by atoms with Crippen molar-refractivity contribution in [1.82, 2.24) is 4.90 Å². The molecule has 1 saturated heterocycles. The van der Waals surface area contributed by atoms with Crippen LogP contribution in [0.2, 0.25) is 0 Å². The van der Waals surface area contributed by atoms with E-state index < -0.39 is 0 Å². The largest absolute Gasteiger partial charge is 0.398 e. The highest BCUT2D eigenvalue weighted by Crippen LogP contribution is 2.30. The summed E-state index contributed by atoms with van der Waals surface area (Å²) in [5.74, 6) is 0.247. The van der Waals surface area contributed by atoms with Crippen molar-refractivity contribution in [3.63, 3.8) is 0 Å². The molecule has 114 valence electrons. The van der Waals surface area contributed by atoms with Crippen LogP contribution in [-0.2, 0) is 16.1 Å². The minimum absolute atomic E-state index is 0.247. The van der Waals surface area contributed by atoms with E-state index >= 15 is 0 Å². The van der Waals surface area contributed by atoms with Crippen molar-refractivity contribution < 1.29 is 9.53 Å². The van der Waals surface area contributed by atoms with Gasteiger partial charge in [-0.1, -0.05) is 18.2 Å². The van der Waals surface area contributed by atoms with Crippen LogP contribution in [0, 0.1) is 0 Å². The minimum atomic E-state index is 0.247. The van der Waals surface area contributed by atoms with Gasteiger partial charge in [-0.25, -0.2) is 0 Å². The smallest absolute Gasteiger partial charge is 0.223 e. The van der Waals surface area contributed by atoms with Crippen molar-refractivity contribution in [3.8, 4) is 0 Å². The summed E-state index contributed by atoms with van der Waals surface area (Å²) < 4.78 is 5.61. The summed E-state index contributed by atoms with van der Waals surface area (Å²) in [5.41, 5.74) is 7.83. The molecular weight excluding hydrogens is 264 g/mol. The van der Waals surface area contributed by atoms with Gasteiger partial charge in [0.05, 0.1) is 6.10 Å². The highest BCUT2D eigenvalue weighted by molar-refractivity contribution is 5.77. The normalized spacial score (nSPS) is 21.4. The molecule has 1 aliphatic carbocycles. The highest BCUT2D eigenvalue weighted by Gasteiger charge is 2.33. The van der Waals surface area contributed by atoms with Crippen LogP contribution in [0.4, 0.5) is 5.69 Å². The Balaban J connectivity index is 1.58. The lowest BCUT2D eigenvalue weighted by molar-refractivity contribution is -0.133. The molecule has 1 aromatic carbocycles. The molecule has 21 heavy (non-hydrogen) atoms. The molecule has 0 aromatic heterocycles. The number of carbonyl (C=O) groups is 1. The molecule has 1 saturated carbocycles. The summed E-state index contributed by atoms with van der Waals surface area (Å²) in [6, 6.07) is 8.24. The molecule has 3 rings (SSSR count). The predicted octanol–water partition coefficient (Wildman–Crippen LogP) is 2.72. The fourth-order valence-corrected chi connectivity index (χ4v) is 2.97. The Morgan fingerprint density at radius 3 is 2.76 bits per heavy atom. The molecule has 2 N–H and O–H groups in total. The van der Waals surface area contributed by atoms with E-state index in [4.69, 9.17) is 10.5 Å². The monoisotopic (exact) mass is 288 g/mol. The SMILES string of the molecule is Nc1ccccc1CN(C(=O)CCC1CCCO1)C1CC1. The van der Waals surface area contributed by atoms with Crippen LogP contribution in [-0.4, -0.2) is 29.6 Å². The van der Waals surface area contributed by atoms with Gasteiger partial charge in [-0.3, -0.25) is 4.79 Å². The number of amides is 1. The highest BCUT2D eigenvalue weighted by atomic mass is 16.5. The first kappa shape index (κ1) is 14.4. The lowest BCUT2D eigenvalue weighted by Crippen LogP contribution is -2.33. The van der Waals surface area contributed by atoms with Crippen molar-refractivity contribution >= 4 is 11.6 Å². The fourth-order valence-electron chi connectivity index (χ4n) is 2.97. The Morgan fingerprint density at radius 1 is 1.29 bits per heavy atom. The number of anilines is 1. The Bertz CT molecular complexity index is 493. The zero-order valence-corrected chi connectivity index (χ0v) is 12.5. The zero-order chi connectivity index (χ0) is 14.7. The molecule has 1 aromatic rings. The minimum Gasteiger partial charge on any atom is -0.398 e. The molecule has 1 heterocycles. The van der Waals surface area contributed by atoms with Gasteiger partial charge in [-0.15, -0.1) is 0 Å². The number of ether oxygens (including phenoxy) is 1. The summed E-state index contributed by atoms with van der Waals surface area (Å²) in [6.45, 7) is 1.49. The quantitative estimate of drug-likeness (QED) is 0.819. The van der Waals surface area contributed by atoms with Crippen LogP contribution < -0.4 is 5.73 Å². The molecule has 0 radical (unpaired) electrons. The average molecular weight is 288 g/mol. The summed E-state index contributed by atoms with van der Waals surface area (Å²) in [7, 11) is 0. The first-order valence-corrected chi connectivity index (χ1v) is 7.98. The Labute approximate surface area is 126 Å². The van der Waals surface area contributed by atoms with Gasteiger partial charge < -0.3 is 15.4 Å². The van der Waals surface area contributed by atoms with E-state index in [-0.39, 0.29) is 12.0 Å². The summed E-state index contributed by atoms with van der Waals surface area (Å²) >= 11 is 0. The van der Waals surface area contributed by atoms with Crippen LogP contribution in [0.1, 0.15) is 44.1 Å². The number of hydrogen-bond donors (Lipinski definition) is 1. The van der Waals surface area contributed by atoms with Crippen molar-refractivity contribution in [1.29, 1.82) is 0 Å². The van der Waals surface area contributed by atoms with Gasteiger partial charge >= 0.3 is 0 Å². The van der Waals surface area contributed by atoms with Gasteiger partial charge in [0.1, 0.15) is 0 Å². The van der Waals surface area contributed by atoms with E-state index in [1.54, 1.807) is 0 Å². The summed E-state index contributed by atoms with van der Waals surface area (Å²) in [5, 5.41) is 0. The third-order valence-electron chi connectivity index (χ3n) is 4.41. The van der Waals surface area contributed by atoms with Crippen LogP contribution in [0.25, 0.3) is 0 Å². The topological polar surface area (TPSA) is 55.6 Å². The molecule has 1 amide bonds.